The standard InChI is InChI=1S/C21H28N6O2/c1-2-29-19-8-4-3-7-18(19)24-21(28)23-16-9-12-27(15-16)20-13-17(14-22-25-20)26-10-5-6-11-26/h3-4,7-8,13-14,16H,2,5-6,9-12,15H2,1H3,(H2,23,24,28). The second-order valence-corrected chi connectivity index (χ2v) is 7.43. The summed E-state index contributed by atoms with van der Waals surface area (Å²) in [7, 11) is 0. The van der Waals surface area contributed by atoms with Crippen LogP contribution in [-0.2, 0) is 0 Å². The van der Waals surface area contributed by atoms with Gasteiger partial charge in [-0.1, -0.05) is 12.1 Å². The Morgan fingerprint density at radius 3 is 2.86 bits per heavy atom. The number of urea groups is 1. The molecule has 0 aliphatic carbocycles. The Bertz CT molecular complexity index is 839. The zero-order valence-electron chi connectivity index (χ0n) is 16.8. The van der Waals surface area contributed by atoms with Gasteiger partial charge in [-0.05, 0) is 38.3 Å². The molecule has 2 saturated heterocycles. The van der Waals surface area contributed by atoms with Crippen molar-refractivity contribution >= 4 is 23.2 Å². The topological polar surface area (TPSA) is 82.6 Å². The maximum Gasteiger partial charge on any atom is 0.319 e. The molecule has 2 aliphatic heterocycles. The van der Waals surface area contributed by atoms with Crippen molar-refractivity contribution in [2.24, 2.45) is 0 Å². The van der Waals surface area contributed by atoms with Crippen molar-refractivity contribution in [3.8, 4) is 5.75 Å². The molecule has 8 nitrogen and oxygen atoms in total. The second-order valence-electron chi connectivity index (χ2n) is 7.43. The quantitative estimate of drug-likeness (QED) is 0.781. The minimum atomic E-state index is -0.221. The van der Waals surface area contributed by atoms with Crippen molar-refractivity contribution in [3.63, 3.8) is 0 Å². The lowest BCUT2D eigenvalue weighted by atomic mass is 10.2. The average Bonchev–Trinajstić information content (AvgIpc) is 3.42. The van der Waals surface area contributed by atoms with Crippen LogP contribution in [-0.4, -0.2) is 55.1 Å². The second kappa shape index (κ2) is 8.98. The molecule has 0 spiro atoms. The van der Waals surface area contributed by atoms with E-state index in [1.54, 1.807) is 0 Å². The highest BCUT2D eigenvalue weighted by Gasteiger charge is 2.26. The van der Waals surface area contributed by atoms with Gasteiger partial charge in [0.15, 0.2) is 5.82 Å². The van der Waals surface area contributed by atoms with Gasteiger partial charge in [0.25, 0.3) is 0 Å². The molecule has 8 heteroatoms. The van der Waals surface area contributed by atoms with Gasteiger partial charge in [-0.15, -0.1) is 5.10 Å². The van der Waals surface area contributed by atoms with Gasteiger partial charge in [0.05, 0.1) is 24.2 Å². The third-order valence-electron chi connectivity index (χ3n) is 5.38. The number of ether oxygens (including phenoxy) is 1. The zero-order valence-corrected chi connectivity index (χ0v) is 16.8. The average molecular weight is 396 g/mol. The Kier molecular flexibility index (Phi) is 5.97. The summed E-state index contributed by atoms with van der Waals surface area (Å²) in [5.41, 5.74) is 1.81. The van der Waals surface area contributed by atoms with Crippen LogP contribution in [0.15, 0.2) is 36.5 Å². The lowest BCUT2D eigenvalue weighted by Crippen LogP contribution is -2.39. The molecule has 4 rings (SSSR count). The van der Waals surface area contributed by atoms with Crippen molar-refractivity contribution in [1.29, 1.82) is 0 Å². The molecule has 2 aliphatic rings. The van der Waals surface area contributed by atoms with Gasteiger partial charge in [0.1, 0.15) is 5.75 Å². The summed E-state index contributed by atoms with van der Waals surface area (Å²) in [6, 6.07) is 9.40. The van der Waals surface area contributed by atoms with E-state index >= 15 is 0 Å². The number of hydrogen-bond acceptors (Lipinski definition) is 6. The van der Waals surface area contributed by atoms with Crippen LogP contribution >= 0.6 is 0 Å². The first-order valence-electron chi connectivity index (χ1n) is 10.3. The van der Waals surface area contributed by atoms with Gasteiger partial charge >= 0.3 is 6.03 Å². The van der Waals surface area contributed by atoms with Crippen LogP contribution in [0.3, 0.4) is 0 Å². The summed E-state index contributed by atoms with van der Waals surface area (Å²) >= 11 is 0. The Morgan fingerprint density at radius 2 is 2.03 bits per heavy atom. The van der Waals surface area contributed by atoms with Gasteiger partial charge in [-0.2, -0.15) is 5.10 Å². The zero-order chi connectivity index (χ0) is 20.1. The van der Waals surface area contributed by atoms with E-state index in [4.69, 9.17) is 4.74 Å². The highest BCUT2D eigenvalue weighted by molar-refractivity contribution is 5.91. The largest absolute Gasteiger partial charge is 0.492 e. The van der Waals surface area contributed by atoms with E-state index in [1.165, 1.54) is 12.8 Å². The number of hydrogen-bond donors (Lipinski definition) is 2. The van der Waals surface area contributed by atoms with Crippen LogP contribution < -0.4 is 25.2 Å². The van der Waals surface area contributed by atoms with Gasteiger partial charge in [-0.25, -0.2) is 4.79 Å². The lowest BCUT2D eigenvalue weighted by Gasteiger charge is -2.21. The molecule has 2 N–H and O–H groups in total. The van der Waals surface area contributed by atoms with E-state index in [0.717, 1.165) is 44.1 Å². The molecule has 29 heavy (non-hydrogen) atoms. The maximum atomic E-state index is 12.5. The number of rotatable bonds is 6. The molecule has 2 aromatic rings. The maximum absolute atomic E-state index is 12.5. The molecule has 0 saturated carbocycles. The van der Waals surface area contributed by atoms with Crippen LogP contribution in [0, 0.1) is 0 Å². The number of nitrogens with one attached hydrogen (secondary N) is 2. The molecule has 0 radical (unpaired) electrons. The van der Waals surface area contributed by atoms with E-state index in [0.29, 0.717) is 18.0 Å². The van der Waals surface area contributed by atoms with Crippen LogP contribution in [0.5, 0.6) is 5.75 Å². The normalized spacial score (nSPS) is 18.7. The van der Waals surface area contributed by atoms with Crippen LogP contribution in [0.25, 0.3) is 0 Å². The van der Waals surface area contributed by atoms with Crippen LogP contribution in [0.4, 0.5) is 22.0 Å². The number of amides is 2. The molecular weight excluding hydrogens is 368 g/mol. The number of aromatic nitrogens is 2. The van der Waals surface area contributed by atoms with Gasteiger partial charge in [-0.3, -0.25) is 0 Å². The van der Waals surface area contributed by atoms with Crippen molar-refractivity contribution < 1.29 is 9.53 Å². The number of benzene rings is 1. The Labute approximate surface area is 171 Å². The summed E-state index contributed by atoms with van der Waals surface area (Å²) in [4.78, 5) is 17.0. The minimum Gasteiger partial charge on any atom is -0.492 e. The third kappa shape index (κ3) is 4.70. The van der Waals surface area contributed by atoms with E-state index in [9.17, 15) is 4.79 Å². The first kappa shape index (κ1) is 19.3. The number of carbonyl (C=O) groups is 1. The predicted molar refractivity (Wildman–Crippen MR) is 114 cm³/mol. The molecule has 2 amide bonds. The molecule has 0 bridgehead atoms. The molecule has 2 fully saturated rings. The summed E-state index contributed by atoms with van der Waals surface area (Å²) in [6.07, 6.45) is 5.17. The fraction of sp³-hybridized carbons (Fsp3) is 0.476. The van der Waals surface area contributed by atoms with E-state index in [1.807, 2.05) is 37.4 Å². The van der Waals surface area contributed by atoms with Crippen LogP contribution in [0.1, 0.15) is 26.2 Å². The van der Waals surface area contributed by atoms with Crippen LogP contribution in [0.2, 0.25) is 0 Å². The molecule has 1 aromatic heterocycles. The van der Waals surface area contributed by atoms with Crippen molar-refractivity contribution in [2.45, 2.75) is 32.2 Å². The first-order valence-corrected chi connectivity index (χ1v) is 10.3. The van der Waals surface area contributed by atoms with E-state index in [2.05, 4.69) is 36.7 Å². The number of nitrogens with zero attached hydrogens (tertiary/aromatic N) is 4. The van der Waals surface area contributed by atoms with Gasteiger partial charge in [0, 0.05) is 38.3 Å². The third-order valence-corrected chi connectivity index (χ3v) is 5.38. The SMILES string of the molecule is CCOc1ccccc1NC(=O)NC1CCN(c2cc(N3CCCC3)cnn2)C1. The summed E-state index contributed by atoms with van der Waals surface area (Å²) in [6.45, 7) is 6.20. The highest BCUT2D eigenvalue weighted by atomic mass is 16.5. The Balaban J connectivity index is 1.33. The van der Waals surface area contributed by atoms with E-state index in [-0.39, 0.29) is 12.1 Å². The smallest absolute Gasteiger partial charge is 0.319 e. The molecule has 1 atom stereocenters. The monoisotopic (exact) mass is 396 g/mol. The van der Waals surface area contributed by atoms with Crippen molar-refractivity contribution in [2.75, 3.05) is 47.9 Å². The molecule has 154 valence electrons. The predicted octanol–water partition coefficient (Wildman–Crippen LogP) is 2.88. The Morgan fingerprint density at radius 1 is 1.21 bits per heavy atom. The first-order chi connectivity index (χ1) is 14.2. The number of anilines is 3. The summed E-state index contributed by atoms with van der Waals surface area (Å²) in [5, 5.41) is 14.5. The highest BCUT2D eigenvalue weighted by Crippen LogP contribution is 2.26. The van der Waals surface area contributed by atoms with E-state index < -0.39 is 0 Å². The Hall–Kier alpha value is -3.03. The number of carbonyl (C=O) groups excluding carboxylic acids is 1. The van der Waals surface area contributed by atoms with Gasteiger partial charge < -0.3 is 25.2 Å². The number of para-hydroxylation sites is 2. The fourth-order valence-corrected chi connectivity index (χ4v) is 3.93. The molecule has 3 heterocycles. The molecule has 1 aromatic carbocycles. The fourth-order valence-electron chi connectivity index (χ4n) is 3.93. The molecule has 1 unspecified atom stereocenters. The lowest BCUT2D eigenvalue weighted by molar-refractivity contribution is 0.249. The molecular formula is C21H28N6O2. The van der Waals surface area contributed by atoms with Crippen molar-refractivity contribution in [3.05, 3.63) is 36.5 Å². The van der Waals surface area contributed by atoms with Crippen molar-refractivity contribution in [1.82, 2.24) is 15.5 Å². The minimum absolute atomic E-state index is 0.0616. The van der Waals surface area contributed by atoms with Gasteiger partial charge in [0.2, 0.25) is 0 Å². The summed E-state index contributed by atoms with van der Waals surface area (Å²) in [5.74, 6) is 1.55. The summed E-state index contributed by atoms with van der Waals surface area (Å²) < 4.78 is 5.57.